The van der Waals surface area contributed by atoms with E-state index >= 15 is 0 Å². The van der Waals surface area contributed by atoms with Crippen LogP contribution in [0.25, 0.3) is 11.3 Å². The van der Waals surface area contributed by atoms with Crippen LogP contribution in [0.4, 0.5) is 4.39 Å². The zero-order chi connectivity index (χ0) is 13.8. The molecule has 0 unspecified atom stereocenters. The predicted molar refractivity (Wildman–Crippen MR) is 78.9 cm³/mol. The molecule has 0 amide bonds. The van der Waals surface area contributed by atoms with Crippen molar-refractivity contribution in [1.82, 2.24) is 4.90 Å². The molecule has 0 N–H and O–H groups in total. The van der Waals surface area contributed by atoms with Crippen LogP contribution in [0.2, 0.25) is 0 Å². The van der Waals surface area contributed by atoms with Crippen molar-refractivity contribution in [1.29, 1.82) is 0 Å². The van der Waals surface area contributed by atoms with Crippen molar-refractivity contribution in [3.63, 3.8) is 0 Å². The molecule has 0 bridgehead atoms. The van der Waals surface area contributed by atoms with E-state index in [2.05, 4.69) is 0 Å². The highest BCUT2D eigenvalue weighted by Crippen LogP contribution is 2.23. The fourth-order valence-corrected chi connectivity index (χ4v) is 1.71. The second kappa shape index (κ2) is 7.22. The number of Topliss-reactive ketones (excluding diaryl/α,β-unsaturated/α-hetero) is 1. The topological polar surface area (TPSA) is 33.5 Å². The van der Waals surface area contributed by atoms with Gasteiger partial charge in [0.1, 0.15) is 11.6 Å². The Morgan fingerprint density at radius 1 is 1.15 bits per heavy atom. The summed E-state index contributed by atoms with van der Waals surface area (Å²) in [5.41, 5.74) is 0.757. The van der Waals surface area contributed by atoms with Gasteiger partial charge in [0.05, 0.1) is 0 Å². The van der Waals surface area contributed by atoms with Crippen LogP contribution in [-0.2, 0) is 0 Å². The van der Waals surface area contributed by atoms with E-state index in [9.17, 15) is 9.18 Å². The van der Waals surface area contributed by atoms with Crippen LogP contribution in [0, 0.1) is 5.82 Å². The van der Waals surface area contributed by atoms with Gasteiger partial charge in [0, 0.05) is 18.5 Å². The number of benzene rings is 1. The van der Waals surface area contributed by atoms with Crippen molar-refractivity contribution in [3.05, 3.63) is 48.0 Å². The molecule has 1 heterocycles. The van der Waals surface area contributed by atoms with E-state index in [-0.39, 0.29) is 24.0 Å². The number of furan rings is 1. The molecule has 2 aromatic rings. The molecular formula is C15H17ClFNO2. The maximum Gasteiger partial charge on any atom is 0.199 e. The minimum atomic E-state index is -0.294. The number of carbonyl (C=O) groups excluding carboxylic acids is 1. The van der Waals surface area contributed by atoms with Crippen molar-refractivity contribution in [2.75, 3.05) is 20.6 Å². The lowest BCUT2D eigenvalue weighted by atomic mass is 10.2. The summed E-state index contributed by atoms with van der Waals surface area (Å²) in [7, 11) is 3.83. The van der Waals surface area contributed by atoms with E-state index in [4.69, 9.17) is 4.42 Å². The lowest BCUT2D eigenvalue weighted by molar-refractivity contribution is 0.0946. The molecule has 0 saturated carbocycles. The molecule has 1 aromatic heterocycles. The molecule has 0 aliphatic rings. The van der Waals surface area contributed by atoms with E-state index in [1.54, 1.807) is 24.3 Å². The minimum Gasteiger partial charge on any atom is -0.453 e. The molecule has 0 spiro atoms. The first-order valence-corrected chi connectivity index (χ1v) is 6.10. The van der Waals surface area contributed by atoms with Crippen molar-refractivity contribution >= 4 is 18.2 Å². The summed E-state index contributed by atoms with van der Waals surface area (Å²) in [6, 6.07) is 9.38. The summed E-state index contributed by atoms with van der Waals surface area (Å²) in [5, 5.41) is 0. The quantitative estimate of drug-likeness (QED) is 0.790. The predicted octanol–water partition coefficient (Wildman–Crippen LogP) is 3.64. The first-order chi connectivity index (χ1) is 9.06. The third-order valence-corrected chi connectivity index (χ3v) is 2.80. The van der Waals surface area contributed by atoms with Crippen molar-refractivity contribution < 1.29 is 13.6 Å². The number of halogens is 2. The van der Waals surface area contributed by atoms with E-state index in [1.165, 1.54) is 12.1 Å². The maximum absolute atomic E-state index is 12.8. The first-order valence-electron chi connectivity index (χ1n) is 6.10. The fraction of sp³-hybridized carbons (Fsp3) is 0.267. The number of rotatable bonds is 5. The van der Waals surface area contributed by atoms with Crippen LogP contribution in [0.5, 0.6) is 0 Å². The van der Waals surface area contributed by atoms with Crippen LogP contribution < -0.4 is 0 Å². The Kier molecular flexibility index (Phi) is 5.92. The SMILES string of the molecule is CN(C)CCC(=O)c1ccc(-c2ccc(F)cc2)o1.Cl. The third-order valence-electron chi connectivity index (χ3n) is 2.80. The highest BCUT2D eigenvalue weighted by Gasteiger charge is 2.12. The summed E-state index contributed by atoms with van der Waals surface area (Å²) in [6.45, 7) is 0.686. The van der Waals surface area contributed by atoms with Crippen molar-refractivity contribution in [2.24, 2.45) is 0 Å². The van der Waals surface area contributed by atoms with Gasteiger partial charge in [-0.05, 0) is 50.5 Å². The van der Waals surface area contributed by atoms with Crippen LogP contribution in [0.3, 0.4) is 0 Å². The molecule has 3 nitrogen and oxygen atoms in total. The van der Waals surface area contributed by atoms with E-state index in [1.807, 2.05) is 19.0 Å². The Labute approximate surface area is 123 Å². The Morgan fingerprint density at radius 2 is 1.80 bits per heavy atom. The minimum absolute atomic E-state index is 0. The molecular weight excluding hydrogens is 281 g/mol. The molecule has 0 saturated heterocycles. The van der Waals surface area contributed by atoms with Gasteiger partial charge in [-0.3, -0.25) is 4.79 Å². The van der Waals surface area contributed by atoms with Crippen LogP contribution in [0.1, 0.15) is 17.0 Å². The van der Waals surface area contributed by atoms with Crippen molar-refractivity contribution in [2.45, 2.75) is 6.42 Å². The summed E-state index contributed by atoms with van der Waals surface area (Å²) in [5.74, 6) is 0.606. The zero-order valence-electron chi connectivity index (χ0n) is 11.4. The van der Waals surface area contributed by atoms with Gasteiger partial charge in [0.2, 0.25) is 0 Å². The lowest BCUT2D eigenvalue weighted by Crippen LogP contribution is -2.16. The van der Waals surface area contributed by atoms with Gasteiger partial charge in [0.15, 0.2) is 11.5 Å². The summed E-state index contributed by atoms with van der Waals surface area (Å²) in [4.78, 5) is 13.8. The van der Waals surface area contributed by atoms with Crippen molar-refractivity contribution in [3.8, 4) is 11.3 Å². The maximum atomic E-state index is 12.8. The molecule has 108 valence electrons. The van der Waals surface area contributed by atoms with Gasteiger partial charge in [-0.2, -0.15) is 0 Å². The van der Waals surface area contributed by atoms with E-state index in [0.29, 0.717) is 24.5 Å². The van der Waals surface area contributed by atoms with Gasteiger partial charge in [-0.15, -0.1) is 12.4 Å². The molecule has 0 fully saturated rings. The standard InChI is InChI=1S/C15H16FNO2.ClH/c1-17(2)10-9-13(18)15-8-7-14(19-15)11-3-5-12(16)6-4-11;/h3-8H,9-10H2,1-2H3;1H. The number of ketones is 1. The molecule has 1 aromatic carbocycles. The highest BCUT2D eigenvalue weighted by molar-refractivity contribution is 5.94. The number of hydrogen-bond acceptors (Lipinski definition) is 3. The van der Waals surface area contributed by atoms with Gasteiger partial charge < -0.3 is 9.32 Å². The average Bonchev–Trinajstić information content (AvgIpc) is 2.86. The molecule has 5 heteroatoms. The average molecular weight is 298 g/mol. The van der Waals surface area contributed by atoms with Crippen LogP contribution in [0.15, 0.2) is 40.8 Å². The van der Waals surface area contributed by atoms with Gasteiger partial charge in [-0.1, -0.05) is 0 Å². The molecule has 0 aliphatic carbocycles. The Balaban J connectivity index is 0.00000200. The van der Waals surface area contributed by atoms with Crippen LogP contribution >= 0.6 is 12.4 Å². The number of nitrogens with zero attached hydrogens (tertiary/aromatic N) is 1. The van der Waals surface area contributed by atoms with Gasteiger partial charge in [0.25, 0.3) is 0 Å². The number of carbonyl (C=O) groups is 1. The van der Waals surface area contributed by atoms with E-state index in [0.717, 1.165) is 5.56 Å². The second-order valence-corrected chi connectivity index (χ2v) is 4.65. The molecule has 0 atom stereocenters. The zero-order valence-corrected chi connectivity index (χ0v) is 12.2. The Bertz CT molecular complexity index is 564. The fourth-order valence-electron chi connectivity index (χ4n) is 1.71. The summed E-state index contributed by atoms with van der Waals surface area (Å²) < 4.78 is 18.3. The largest absolute Gasteiger partial charge is 0.453 e. The monoisotopic (exact) mass is 297 g/mol. The molecule has 0 aliphatic heterocycles. The molecule has 20 heavy (non-hydrogen) atoms. The second-order valence-electron chi connectivity index (χ2n) is 4.65. The third kappa shape index (κ3) is 4.18. The van der Waals surface area contributed by atoms with Gasteiger partial charge in [-0.25, -0.2) is 4.39 Å². The number of hydrogen-bond donors (Lipinski definition) is 0. The lowest BCUT2D eigenvalue weighted by Gasteiger charge is -2.06. The normalized spacial score (nSPS) is 10.4. The first kappa shape index (κ1) is 16.4. The Hall–Kier alpha value is -1.65. The summed E-state index contributed by atoms with van der Waals surface area (Å²) >= 11 is 0. The molecule has 0 radical (unpaired) electrons. The highest BCUT2D eigenvalue weighted by atomic mass is 35.5. The van der Waals surface area contributed by atoms with Gasteiger partial charge >= 0.3 is 0 Å². The molecule has 2 rings (SSSR count). The Morgan fingerprint density at radius 3 is 2.40 bits per heavy atom. The van der Waals surface area contributed by atoms with E-state index < -0.39 is 0 Å². The van der Waals surface area contributed by atoms with Crippen LogP contribution in [-0.4, -0.2) is 31.3 Å². The summed E-state index contributed by atoms with van der Waals surface area (Å²) in [6.07, 6.45) is 0.420. The smallest absolute Gasteiger partial charge is 0.199 e.